The van der Waals surface area contributed by atoms with Crippen molar-refractivity contribution in [3.8, 4) is 0 Å². The van der Waals surface area contributed by atoms with E-state index in [0.717, 1.165) is 48.0 Å². The molecule has 0 radical (unpaired) electrons. The van der Waals surface area contributed by atoms with Crippen LogP contribution >= 0.6 is 11.9 Å². The van der Waals surface area contributed by atoms with Crippen molar-refractivity contribution in [1.82, 2.24) is 29.0 Å². The summed E-state index contributed by atoms with van der Waals surface area (Å²) in [6.07, 6.45) is 4.10. The van der Waals surface area contributed by atoms with E-state index >= 15 is 0 Å². The van der Waals surface area contributed by atoms with Crippen molar-refractivity contribution < 1.29 is 9.90 Å². The third kappa shape index (κ3) is 4.25. The van der Waals surface area contributed by atoms with Gasteiger partial charge in [0.25, 0.3) is 5.91 Å². The highest BCUT2D eigenvalue weighted by Gasteiger charge is 2.26. The number of pyridine rings is 1. The molecular weight excluding hydrogens is 438 g/mol. The predicted octanol–water partition coefficient (Wildman–Crippen LogP) is 1.99. The van der Waals surface area contributed by atoms with Gasteiger partial charge in [-0.3, -0.25) is 9.48 Å². The minimum Gasteiger partial charge on any atom is -0.391 e. The SMILES string of the molecule is Cc1c(SN2Cc3cnn(C)c3C2)cc(C(=O)NCc2cccnc2N2CCC(O)C2)n1C. The molecular formula is C23H29N7O2S. The molecule has 0 bridgehead atoms. The topological polar surface area (TPSA) is 91.5 Å². The van der Waals surface area contributed by atoms with Gasteiger partial charge in [0, 0.05) is 68.2 Å². The van der Waals surface area contributed by atoms with E-state index in [1.807, 2.05) is 54.7 Å². The number of aromatic nitrogens is 4. The molecule has 2 aliphatic rings. The summed E-state index contributed by atoms with van der Waals surface area (Å²) in [4.78, 5) is 20.7. The van der Waals surface area contributed by atoms with Crippen LogP contribution in [0.1, 0.15) is 39.4 Å². The quantitative estimate of drug-likeness (QED) is 0.536. The molecule has 1 fully saturated rings. The Hall–Kier alpha value is -2.82. The summed E-state index contributed by atoms with van der Waals surface area (Å²) in [5.74, 6) is 0.717. The maximum atomic E-state index is 13.1. The van der Waals surface area contributed by atoms with Gasteiger partial charge in [-0.25, -0.2) is 9.29 Å². The van der Waals surface area contributed by atoms with Gasteiger partial charge in [-0.15, -0.1) is 0 Å². The fourth-order valence-corrected chi connectivity index (χ4v) is 5.60. The number of aryl methyl sites for hydroxylation is 1. The zero-order chi connectivity index (χ0) is 23.1. The van der Waals surface area contributed by atoms with E-state index in [-0.39, 0.29) is 12.0 Å². The Bertz CT molecular complexity index is 1190. The van der Waals surface area contributed by atoms with E-state index in [1.54, 1.807) is 18.1 Å². The molecule has 1 atom stereocenters. The van der Waals surface area contributed by atoms with Crippen LogP contribution < -0.4 is 10.2 Å². The molecule has 9 nitrogen and oxygen atoms in total. The van der Waals surface area contributed by atoms with Gasteiger partial charge in [0.05, 0.1) is 24.5 Å². The number of nitrogens with one attached hydrogen (secondary N) is 1. The van der Waals surface area contributed by atoms with Gasteiger partial charge in [-0.05, 0) is 37.4 Å². The second-order valence-electron chi connectivity index (χ2n) is 8.73. The van der Waals surface area contributed by atoms with E-state index < -0.39 is 0 Å². The monoisotopic (exact) mass is 467 g/mol. The van der Waals surface area contributed by atoms with Crippen molar-refractivity contribution in [2.24, 2.45) is 14.1 Å². The van der Waals surface area contributed by atoms with Crippen LogP contribution in [0.5, 0.6) is 0 Å². The van der Waals surface area contributed by atoms with Crippen molar-refractivity contribution in [2.75, 3.05) is 18.0 Å². The third-order valence-electron chi connectivity index (χ3n) is 6.54. The molecule has 3 aromatic heterocycles. The number of aliphatic hydroxyl groups excluding tert-OH is 1. The maximum absolute atomic E-state index is 13.1. The first kappa shape index (κ1) is 22.0. The first-order valence-corrected chi connectivity index (χ1v) is 11.9. The average Bonchev–Trinajstić information content (AvgIpc) is 3.56. The lowest BCUT2D eigenvalue weighted by molar-refractivity contribution is 0.0942. The molecule has 10 heteroatoms. The summed E-state index contributed by atoms with van der Waals surface area (Å²) in [5.41, 5.74) is 5.15. The first-order chi connectivity index (χ1) is 15.9. The molecule has 1 saturated heterocycles. The first-order valence-electron chi connectivity index (χ1n) is 11.1. The highest BCUT2D eigenvalue weighted by atomic mass is 32.2. The van der Waals surface area contributed by atoms with Gasteiger partial charge < -0.3 is 19.9 Å². The number of anilines is 1. The summed E-state index contributed by atoms with van der Waals surface area (Å²) >= 11 is 1.69. The molecule has 0 aliphatic carbocycles. The van der Waals surface area contributed by atoms with Crippen LogP contribution in [0, 0.1) is 6.92 Å². The van der Waals surface area contributed by atoms with Crippen LogP contribution in [0.2, 0.25) is 0 Å². The molecule has 33 heavy (non-hydrogen) atoms. The Kier molecular flexibility index (Phi) is 5.90. The van der Waals surface area contributed by atoms with Crippen molar-refractivity contribution >= 4 is 23.7 Å². The third-order valence-corrected chi connectivity index (χ3v) is 7.67. The summed E-state index contributed by atoms with van der Waals surface area (Å²) in [5, 5.41) is 17.3. The Balaban J connectivity index is 1.26. The van der Waals surface area contributed by atoms with Crippen molar-refractivity contribution in [1.29, 1.82) is 0 Å². The number of aliphatic hydroxyl groups is 1. The molecule has 174 valence electrons. The van der Waals surface area contributed by atoms with E-state index in [0.29, 0.717) is 18.8 Å². The second-order valence-corrected chi connectivity index (χ2v) is 9.86. The molecule has 2 aliphatic heterocycles. The molecule has 2 N–H and O–H groups in total. The Morgan fingerprint density at radius 1 is 1.33 bits per heavy atom. The maximum Gasteiger partial charge on any atom is 0.268 e. The number of hydrogen-bond donors (Lipinski definition) is 2. The number of β-amino-alcohol motifs (C(OH)–C–C–N with tert-alkyl or cyclic N) is 1. The zero-order valence-corrected chi connectivity index (χ0v) is 20.0. The van der Waals surface area contributed by atoms with Crippen LogP contribution in [0.15, 0.2) is 35.5 Å². The number of fused-ring (bicyclic) bond motifs is 1. The van der Waals surface area contributed by atoms with E-state index in [4.69, 9.17) is 0 Å². The van der Waals surface area contributed by atoms with Gasteiger partial charge >= 0.3 is 0 Å². The minimum atomic E-state index is -0.323. The van der Waals surface area contributed by atoms with Crippen LogP contribution in [0.3, 0.4) is 0 Å². The van der Waals surface area contributed by atoms with Crippen LogP contribution in [-0.4, -0.2) is 53.8 Å². The van der Waals surface area contributed by atoms with Crippen LogP contribution in [-0.2, 0) is 33.7 Å². The lowest BCUT2D eigenvalue weighted by Gasteiger charge is -2.20. The van der Waals surface area contributed by atoms with Crippen LogP contribution in [0.25, 0.3) is 0 Å². The highest BCUT2D eigenvalue weighted by molar-refractivity contribution is 7.97. The van der Waals surface area contributed by atoms with E-state index in [2.05, 4.69) is 24.6 Å². The predicted molar refractivity (Wildman–Crippen MR) is 127 cm³/mol. The number of hydrogen-bond acceptors (Lipinski definition) is 7. The summed E-state index contributed by atoms with van der Waals surface area (Å²) < 4.78 is 6.17. The summed E-state index contributed by atoms with van der Waals surface area (Å²) in [6.45, 7) is 5.46. The second kappa shape index (κ2) is 8.85. The van der Waals surface area contributed by atoms with Crippen molar-refractivity contribution in [3.63, 3.8) is 0 Å². The smallest absolute Gasteiger partial charge is 0.268 e. The number of carbonyl (C=O) groups is 1. The zero-order valence-electron chi connectivity index (χ0n) is 19.2. The van der Waals surface area contributed by atoms with Gasteiger partial charge in [-0.2, -0.15) is 5.10 Å². The Morgan fingerprint density at radius 2 is 2.18 bits per heavy atom. The van der Waals surface area contributed by atoms with Gasteiger partial charge in [0.2, 0.25) is 0 Å². The standard InChI is InChI=1S/C23H29N7O2S/c1-15-21(33-30-12-17-11-26-28(3)20(17)14-30)9-19(27(15)2)23(32)25-10-16-5-4-7-24-22(16)29-8-6-18(31)13-29/h4-5,7,9,11,18,31H,6,8,10,12-14H2,1-3H3,(H,25,32). The number of carbonyl (C=O) groups excluding carboxylic acids is 1. The van der Waals surface area contributed by atoms with E-state index in [9.17, 15) is 9.90 Å². The molecule has 1 unspecified atom stereocenters. The molecule has 0 saturated carbocycles. The lowest BCUT2D eigenvalue weighted by atomic mass is 10.2. The molecule has 1 amide bonds. The number of rotatable bonds is 6. The van der Waals surface area contributed by atoms with Crippen LogP contribution in [0.4, 0.5) is 5.82 Å². The Morgan fingerprint density at radius 3 is 2.94 bits per heavy atom. The van der Waals surface area contributed by atoms with E-state index in [1.165, 1.54) is 11.3 Å². The Labute approximate surface area is 197 Å². The molecule has 3 aromatic rings. The van der Waals surface area contributed by atoms with Crippen molar-refractivity contribution in [2.45, 2.75) is 44.0 Å². The minimum absolute atomic E-state index is 0.113. The highest BCUT2D eigenvalue weighted by Crippen LogP contribution is 2.35. The molecule has 5 heterocycles. The molecule has 0 aromatic carbocycles. The molecule has 0 spiro atoms. The fourth-order valence-electron chi connectivity index (χ4n) is 4.50. The van der Waals surface area contributed by atoms with Crippen molar-refractivity contribution in [3.05, 3.63) is 58.8 Å². The van der Waals surface area contributed by atoms with Gasteiger partial charge in [-0.1, -0.05) is 6.07 Å². The average molecular weight is 468 g/mol. The number of amides is 1. The van der Waals surface area contributed by atoms with Gasteiger partial charge in [0.1, 0.15) is 11.5 Å². The normalized spacial score (nSPS) is 18.2. The molecule has 5 rings (SSSR count). The lowest BCUT2D eigenvalue weighted by Crippen LogP contribution is -2.28. The van der Waals surface area contributed by atoms with Gasteiger partial charge in [0.15, 0.2) is 0 Å². The number of nitrogens with zero attached hydrogens (tertiary/aromatic N) is 6. The largest absolute Gasteiger partial charge is 0.391 e. The fraction of sp³-hybridized carbons (Fsp3) is 0.435. The summed E-state index contributed by atoms with van der Waals surface area (Å²) in [7, 11) is 3.90. The summed E-state index contributed by atoms with van der Waals surface area (Å²) in [6, 6.07) is 5.82.